The van der Waals surface area contributed by atoms with E-state index in [1.807, 2.05) is 45.2 Å². The molecule has 0 saturated heterocycles. The molecule has 0 bridgehead atoms. The first-order valence-corrected chi connectivity index (χ1v) is 6.36. The molecule has 0 aliphatic heterocycles. The summed E-state index contributed by atoms with van der Waals surface area (Å²) in [6.45, 7) is 0. The van der Waals surface area contributed by atoms with Crippen LogP contribution in [0.3, 0.4) is 0 Å². The molecule has 0 fully saturated rings. The van der Waals surface area contributed by atoms with Crippen LogP contribution >= 0.6 is 45.2 Å². The number of carboxylic acids is 1. The van der Waals surface area contributed by atoms with Crippen LogP contribution in [-0.4, -0.2) is 22.2 Å². The Labute approximate surface area is 114 Å². The summed E-state index contributed by atoms with van der Waals surface area (Å²) in [5.74, 6) is -0.867. The van der Waals surface area contributed by atoms with Crippen molar-refractivity contribution in [1.29, 1.82) is 0 Å². The van der Waals surface area contributed by atoms with Crippen LogP contribution in [-0.2, 0) is 4.79 Å². The highest BCUT2D eigenvalue weighted by Crippen LogP contribution is 2.31. The van der Waals surface area contributed by atoms with Gasteiger partial charge in [-0.05, 0) is 40.3 Å². The first-order valence-electron chi connectivity index (χ1n) is 4.04. The van der Waals surface area contributed by atoms with E-state index in [0.29, 0.717) is 0 Å². The summed E-state index contributed by atoms with van der Waals surface area (Å²) < 4.78 is 0.497. The van der Waals surface area contributed by atoms with Gasteiger partial charge in [0.1, 0.15) is 11.8 Å². The molecule has 0 aliphatic carbocycles. The molecule has 1 aromatic carbocycles. The minimum atomic E-state index is -1.03. The van der Waals surface area contributed by atoms with Crippen molar-refractivity contribution < 1.29 is 15.0 Å². The number of carboxylic acid groups (broad SMARTS) is 1. The smallest absolute Gasteiger partial charge is 0.321 e. The maximum atomic E-state index is 10.7. The van der Waals surface area contributed by atoms with Crippen LogP contribution in [0.1, 0.15) is 9.49 Å². The SMILES string of the molecule is N[C@@H](C(=O)O)C(I)c1ccc(O)cc1I. The predicted molar refractivity (Wildman–Crippen MR) is 73.2 cm³/mol. The summed E-state index contributed by atoms with van der Waals surface area (Å²) in [7, 11) is 0. The molecule has 0 heterocycles. The summed E-state index contributed by atoms with van der Waals surface area (Å²) in [5, 5.41) is 18.0. The molecule has 0 saturated carbocycles. The lowest BCUT2D eigenvalue weighted by Gasteiger charge is -2.16. The van der Waals surface area contributed by atoms with Crippen molar-refractivity contribution in [2.75, 3.05) is 0 Å². The molecule has 15 heavy (non-hydrogen) atoms. The normalized spacial score (nSPS) is 14.6. The first-order chi connectivity index (χ1) is 6.93. The molecule has 0 spiro atoms. The summed E-state index contributed by atoms with van der Waals surface area (Å²) >= 11 is 4.04. The predicted octanol–water partition coefficient (Wildman–Crippen LogP) is 1.88. The number of aliphatic carboxylic acids is 1. The van der Waals surface area contributed by atoms with Crippen molar-refractivity contribution in [1.82, 2.24) is 0 Å². The van der Waals surface area contributed by atoms with E-state index in [1.165, 1.54) is 6.07 Å². The van der Waals surface area contributed by atoms with Crippen LogP contribution in [0.5, 0.6) is 5.75 Å². The van der Waals surface area contributed by atoms with Crippen molar-refractivity contribution in [2.24, 2.45) is 5.73 Å². The minimum absolute atomic E-state index is 0.163. The van der Waals surface area contributed by atoms with Crippen LogP contribution in [0, 0.1) is 3.57 Å². The summed E-state index contributed by atoms with van der Waals surface area (Å²) in [5.41, 5.74) is 6.35. The number of carbonyl (C=O) groups is 1. The largest absolute Gasteiger partial charge is 0.508 e. The van der Waals surface area contributed by atoms with Crippen molar-refractivity contribution in [2.45, 2.75) is 9.97 Å². The summed E-state index contributed by atoms with van der Waals surface area (Å²) in [6, 6.07) is 3.86. The van der Waals surface area contributed by atoms with E-state index in [0.717, 1.165) is 9.13 Å². The molecule has 2 atom stereocenters. The highest BCUT2D eigenvalue weighted by molar-refractivity contribution is 14.1. The Morgan fingerprint density at radius 2 is 2.07 bits per heavy atom. The van der Waals surface area contributed by atoms with Gasteiger partial charge in [-0.3, -0.25) is 4.79 Å². The third-order valence-corrected chi connectivity index (χ3v) is 4.26. The van der Waals surface area contributed by atoms with E-state index >= 15 is 0 Å². The Balaban J connectivity index is 3.01. The van der Waals surface area contributed by atoms with Crippen molar-refractivity contribution in [3.8, 4) is 5.75 Å². The van der Waals surface area contributed by atoms with E-state index in [1.54, 1.807) is 12.1 Å². The molecule has 1 rings (SSSR count). The van der Waals surface area contributed by atoms with E-state index in [2.05, 4.69) is 0 Å². The quantitative estimate of drug-likeness (QED) is 0.503. The number of phenols is 1. The molecule has 0 amide bonds. The Morgan fingerprint density at radius 1 is 1.47 bits per heavy atom. The molecule has 1 aromatic rings. The van der Waals surface area contributed by atoms with E-state index in [4.69, 9.17) is 10.8 Å². The van der Waals surface area contributed by atoms with Gasteiger partial charge < -0.3 is 15.9 Å². The molecule has 0 aliphatic rings. The number of phenolic OH excluding ortho intramolecular Hbond substituents is 1. The van der Waals surface area contributed by atoms with Crippen LogP contribution in [0.25, 0.3) is 0 Å². The fourth-order valence-corrected chi connectivity index (χ4v) is 3.34. The third kappa shape index (κ3) is 3.18. The van der Waals surface area contributed by atoms with Gasteiger partial charge in [-0.2, -0.15) is 0 Å². The van der Waals surface area contributed by atoms with Crippen molar-refractivity contribution in [3.05, 3.63) is 27.3 Å². The maximum Gasteiger partial charge on any atom is 0.321 e. The maximum absolute atomic E-state index is 10.7. The van der Waals surface area contributed by atoms with E-state index in [9.17, 15) is 9.90 Å². The second-order valence-electron chi connectivity index (χ2n) is 2.97. The number of benzene rings is 1. The van der Waals surface area contributed by atoms with Crippen molar-refractivity contribution in [3.63, 3.8) is 0 Å². The van der Waals surface area contributed by atoms with Crippen molar-refractivity contribution >= 4 is 51.2 Å². The Kier molecular flexibility index (Phi) is 4.59. The molecule has 82 valence electrons. The summed E-state index contributed by atoms with van der Waals surface area (Å²) in [4.78, 5) is 10.7. The van der Waals surface area contributed by atoms with Gasteiger partial charge in [0.2, 0.25) is 0 Å². The number of aromatic hydroxyl groups is 1. The van der Waals surface area contributed by atoms with Crippen LogP contribution in [0.4, 0.5) is 0 Å². The lowest BCUT2D eigenvalue weighted by atomic mass is 10.1. The van der Waals surface area contributed by atoms with Gasteiger partial charge in [0.05, 0.1) is 3.92 Å². The minimum Gasteiger partial charge on any atom is -0.508 e. The van der Waals surface area contributed by atoms with Crippen LogP contribution in [0.2, 0.25) is 0 Å². The molecule has 4 N–H and O–H groups in total. The highest BCUT2D eigenvalue weighted by atomic mass is 127. The molecule has 0 radical (unpaired) electrons. The lowest BCUT2D eigenvalue weighted by Crippen LogP contribution is -2.34. The first kappa shape index (κ1) is 13.0. The fraction of sp³-hybridized carbons (Fsp3) is 0.222. The highest BCUT2D eigenvalue weighted by Gasteiger charge is 2.24. The van der Waals surface area contributed by atoms with Gasteiger partial charge >= 0.3 is 5.97 Å². The standard InChI is InChI=1S/C9H9I2NO3/c10-6-3-4(13)1-2-5(6)7(11)8(12)9(14)15/h1-3,7-8,13H,12H2,(H,14,15)/t7?,8-/m1/s1. The fourth-order valence-electron chi connectivity index (χ4n) is 1.06. The van der Waals surface area contributed by atoms with Gasteiger partial charge in [0, 0.05) is 3.57 Å². The number of nitrogens with two attached hydrogens (primary N) is 1. The zero-order chi connectivity index (χ0) is 11.6. The average Bonchev–Trinajstić information content (AvgIpc) is 2.15. The second kappa shape index (κ2) is 5.30. The number of hydrogen-bond donors (Lipinski definition) is 3. The van der Waals surface area contributed by atoms with Gasteiger partial charge in [0.25, 0.3) is 0 Å². The van der Waals surface area contributed by atoms with Gasteiger partial charge in [-0.1, -0.05) is 28.7 Å². The second-order valence-corrected chi connectivity index (χ2v) is 5.48. The molecule has 1 unspecified atom stereocenters. The number of rotatable bonds is 3. The zero-order valence-electron chi connectivity index (χ0n) is 7.52. The van der Waals surface area contributed by atoms with E-state index < -0.39 is 12.0 Å². The molecular formula is C9H9I2NO3. The Hall–Kier alpha value is -0.0900. The Bertz CT molecular complexity index is 384. The van der Waals surface area contributed by atoms with Gasteiger partial charge in [0.15, 0.2) is 0 Å². The third-order valence-electron chi connectivity index (χ3n) is 1.88. The molecular weight excluding hydrogens is 424 g/mol. The summed E-state index contributed by atoms with van der Waals surface area (Å²) in [6.07, 6.45) is 0. The van der Waals surface area contributed by atoms with Gasteiger partial charge in [-0.25, -0.2) is 0 Å². The van der Waals surface area contributed by atoms with Crippen LogP contribution in [0.15, 0.2) is 18.2 Å². The zero-order valence-corrected chi connectivity index (χ0v) is 11.8. The average molecular weight is 433 g/mol. The molecule has 4 nitrogen and oxygen atoms in total. The molecule has 6 heteroatoms. The topological polar surface area (TPSA) is 83.6 Å². The Morgan fingerprint density at radius 3 is 2.53 bits per heavy atom. The lowest BCUT2D eigenvalue weighted by molar-refractivity contribution is -0.138. The number of alkyl halides is 1. The van der Waals surface area contributed by atoms with Crippen LogP contribution < -0.4 is 5.73 Å². The monoisotopic (exact) mass is 433 g/mol. The number of hydrogen-bond acceptors (Lipinski definition) is 3. The molecule has 0 aromatic heterocycles. The van der Waals surface area contributed by atoms with Gasteiger partial charge in [-0.15, -0.1) is 0 Å². The number of halogens is 2. The van der Waals surface area contributed by atoms with E-state index in [-0.39, 0.29) is 9.67 Å².